The Morgan fingerprint density at radius 3 is 2.60 bits per heavy atom. The molecule has 1 unspecified atom stereocenters. The van der Waals surface area contributed by atoms with Crippen molar-refractivity contribution < 1.29 is 23.8 Å². The van der Waals surface area contributed by atoms with Crippen LogP contribution in [0, 0.1) is 17.7 Å². The van der Waals surface area contributed by atoms with Crippen LogP contribution < -0.4 is 0 Å². The zero-order chi connectivity index (χ0) is 18.1. The average Bonchev–Trinajstić information content (AvgIpc) is 3.08. The number of aliphatic carboxylic acids is 1. The van der Waals surface area contributed by atoms with Crippen LogP contribution in [0.4, 0.5) is 4.39 Å². The molecule has 1 heterocycles. The molecule has 1 amide bonds. The molecule has 25 heavy (non-hydrogen) atoms. The van der Waals surface area contributed by atoms with Crippen molar-refractivity contribution in [2.45, 2.75) is 25.4 Å². The minimum atomic E-state index is -0.849. The van der Waals surface area contributed by atoms with E-state index in [9.17, 15) is 14.0 Å². The van der Waals surface area contributed by atoms with Crippen LogP contribution in [-0.4, -0.2) is 41.6 Å². The molecule has 0 spiro atoms. The summed E-state index contributed by atoms with van der Waals surface area (Å²) in [4.78, 5) is 25.4. The molecular weight excluding hydrogens is 372 g/mol. The number of hydrogen-bond donors (Lipinski definition) is 1. The molecule has 1 aromatic rings. The van der Waals surface area contributed by atoms with E-state index in [0.29, 0.717) is 38.0 Å². The normalized spacial score (nSPS) is 26.7. The van der Waals surface area contributed by atoms with Crippen molar-refractivity contribution >= 4 is 35.1 Å². The number of halogens is 3. The van der Waals surface area contributed by atoms with Gasteiger partial charge in [-0.15, -0.1) is 0 Å². The van der Waals surface area contributed by atoms with Crippen LogP contribution >= 0.6 is 23.2 Å². The summed E-state index contributed by atoms with van der Waals surface area (Å²) in [5.41, 5.74) is 0.455. The molecule has 2 fully saturated rings. The second kappa shape index (κ2) is 7.48. The lowest BCUT2D eigenvalue weighted by Crippen LogP contribution is -2.44. The molecule has 2 aliphatic rings. The number of rotatable bonds is 3. The lowest BCUT2D eigenvalue weighted by atomic mass is 10.0. The van der Waals surface area contributed by atoms with Gasteiger partial charge in [0, 0.05) is 23.0 Å². The van der Waals surface area contributed by atoms with Crippen LogP contribution in [-0.2, 0) is 14.3 Å². The Labute approximate surface area is 154 Å². The first-order chi connectivity index (χ1) is 11.9. The van der Waals surface area contributed by atoms with E-state index < -0.39 is 23.8 Å². The van der Waals surface area contributed by atoms with Gasteiger partial charge in [0.25, 0.3) is 0 Å². The number of carbonyl (C=O) groups is 2. The third-order valence-corrected chi connectivity index (χ3v) is 5.51. The zero-order valence-corrected chi connectivity index (χ0v) is 14.9. The first-order valence-corrected chi connectivity index (χ1v) is 8.90. The SMILES string of the molecule is O=C(O)[C@@H]1CC[C@H](C(=O)N2CCOC(c3cc(F)c(Cl)cc3Cl)C2)C1. The molecule has 1 saturated carbocycles. The van der Waals surface area contributed by atoms with Crippen molar-refractivity contribution in [3.63, 3.8) is 0 Å². The minimum Gasteiger partial charge on any atom is -0.481 e. The first kappa shape index (κ1) is 18.4. The maximum atomic E-state index is 13.8. The number of amides is 1. The number of ether oxygens (including phenoxy) is 1. The Morgan fingerprint density at radius 2 is 1.92 bits per heavy atom. The molecule has 136 valence electrons. The van der Waals surface area contributed by atoms with Crippen LogP contribution in [0.1, 0.15) is 30.9 Å². The van der Waals surface area contributed by atoms with Crippen LogP contribution in [0.15, 0.2) is 12.1 Å². The maximum Gasteiger partial charge on any atom is 0.306 e. The van der Waals surface area contributed by atoms with Crippen molar-refractivity contribution in [2.24, 2.45) is 11.8 Å². The highest BCUT2D eigenvalue weighted by Crippen LogP contribution is 2.35. The van der Waals surface area contributed by atoms with Crippen molar-refractivity contribution in [3.8, 4) is 0 Å². The van der Waals surface area contributed by atoms with Crippen LogP contribution in [0.5, 0.6) is 0 Å². The number of carboxylic acid groups (broad SMARTS) is 1. The summed E-state index contributed by atoms with van der Waals surface area (Å²) in [6, 6.07) is 2.56. The highest BCUT2D eigenvalue weighted by Gasteiger charge is 2.37. The van der Waals surface area contributed by atoms with Gasteiger partial charge in [-0.1, -0.05) is 23.2 Å². The van der Waals surface area contributed by atoms with Crippen LogP contribution in [0.3, 0.4) is 0 Å². The van der Waals surface area contributed by atoms with Crippen LogP contribution in [0.25, 0.3) is 0 Å². The molecule has 8 heteroatoms. The van der Waals surface area contributed by atoms with Crippen LogP contribution in [0.2, 0.25) is 10.0 Å². The fraction of sp³-hybridized carbons (Fsp3) is 0.529. The molecule has 1 aromatic carbocycles. The molecule has 0 bridgehead atoms. The van der Waals surface area contributed by atoms with E-state index in [1.807, 2.05) is 0 Å². The number of benzene rings is 1. The third-order valence-electron chi connectivity index (χ3n) is 4.90. The number of carboxylic acids is 1. The predicted molar refractivity (Wildman–Crippen MR) is 90.2 cm³/mol. The maximum absolute atomic E-state index is 13.8. The second-order valence-corrected chi connectivity index (χ2v) is 7.29. The molecule has 1 saturated heterocycles. The standard InChI is InChI=1S/C17H18Cl2FNO4/c18-12-7-13(19)14(20)6-11(12)15-8-21(3-4-25-15)16(22)9-1-2-10(5-9)17(23)24/h6-7,9-10,15H,1-5,8H2,(H,23,24)/t9-,10+,15?/m0/s1. The molecule has 5 nitrogen and oxygen atoms in total. The van der Waals surface area contributed by atoms with E-state index in [-0.39, 0.29) is 28.4 Å². The lowest BCUT2D eigenvalue weighted by Gasteiger charge is -2.35. The summed E-state index contributed by atoms with van der Waals surface area (Å²) >= 11 is 11.9. The Bertz CT molecular complexity index is 699. The Balaban J connectivity index is 1.70. The summed E-state index contributed by atoms with van der Waals surface area (Å²) in [6.45, 7) is 0.997. The van der Waals surface area contributed by atoms with Gasteiger partial charge in [-0.3, -0.25) is 9.59 Å². The smallest absolute Gasteiger partial charge is 0.306 e. The van der Waals surface area contributed by atoms with Gasteiger partial charge in [-0.25, -0.2) is 4.39 Å². The molecule has 1 N–H and O–H groups in total. The predicted octanol–water partition coefficient (Wildman–Crippen LogP) is 3.53. The summed E-state index contributed by atoms with van der Waals surface area (Å²) in [5, 5.41) is 9.31. The summed E-state index contributed by atoms with van der Waals surface area (Å²) in [7, 11) is 0. The van der Waals surface area contributed by atoms with E-state index in [4.69, 9.17) is 33.0 Å². The zero-order valence-electron chi connectivity index (χ0n) is 13.4. The fourth-order valence-electron chi connectivity index (χ4n) is 3.51. The first-order valence-electron chi connectivity index (χ1n) is 8.14. The topological polar surface area (TPSA) is 66.8 Å². The second-order valence-electron chi connectivity index (χ2n) is 6.48. The summed E-state index contributed by atoms with van der Waals surface area (Å²) in [5.74, 6) is -2.24. The van der Waals surface area contributed by atoms with Gasteiger partial charge in [0.15, 0.2) is 0 Å². The van der Waals surface area contributed by atoms with Crippen molar-refractivity contribution in [1.29, 1.82) is 0 Å². The highest BCUT2D eigenvalue weighted by atomic mass is 35.5. The van der Waals surface area contributed by atoms with Crippen molar-refractivity contribution in [3.05, 3.63) is 33.6 Å². The van der Waals surface area contributed by atoms with E-state index >= 15 is 0 Å². The van der Waals surface area contributed by atoms with Gasteiger partial charge in [0.05, 0.1) is 24.1 Å². The number of nitrogens with zero attached hydrogens (tertiary/aromatic N) is 1. The molecule has 1 aliphatic carbocycles. The van der Waals surface area contributed by atoms with Gasteiger partial charge in [-0.05, 0) is 31.4 Å². The monoisotopic (exact) mass is 389 g/mol. The molecular formula is C17H18Cl2FNO4. The Kier molecular flexibility index (Phi) is 5.51. The van der Waals surface area contributed by atoms with E-state index in [2.05, 4.69) is 0 Å². The molecule has 1 aliphatic heterocycles. The number of morpholine rings is 1. The van der Waals surface area contributed by atoms with Gasteiger partial charge in [0.1, 0.15) is 11.9 Å². The van der Waals surface area contributed by atoms with Gasteiger partial charge in [-0.2, -0.15) is 0 Å². The quantitative estimate of drug-likeness (QED) is 0.802. The van der Waals surface area contributed by atoms with Crippen molar-refractivity contribution in [1.82, 2.24) is 4.90 Å². The average molecular weight is 390 g/mol. The Hall–Kier alpha value is -1.37. The largest absolute Gasteiger partial charge is 0.481 e. The van der Waals surface area contributed by atoms with Crippen molar-refractivity contribution in [2.75, 3.05) is 19.7 Å². The minimum absolute atomic E-state index is 0.0665. The van der Waals surface area contributed by atoms with Gasteiger partial charge in [0.2, 0.25) is 5.91 Å². The molecule has 0 aromatic heterocycles. The lowest BCUT2D eigenvalue weighted by molar-refractivity contribution is -0.144. The fourth-order valence-corrected chi connectivity index (χ4v) is 4.02. The molecule has 3 rings (SSSR count). The summed E-state index contributed by atoms with van der Waals surface area (Å²) < 4.78 is 19.4. The molecule has 0 radical (unpaired) electrons. The van der Waals surface area contributed by atoms with E-state index in [1.54, 1.807) is 4.90 Å². The third kappa shape index (κ3) is 3.91. The van der Waals surface area contributed by atoms with E-state index in [1.165, 1.54) is 12.1 Å². The Morgan fingerprint density at radius 1 is 1.20 bits per heavy atom. The summed E-state index contributed by atoms with van der Waals surface area (Å²) in [6.07, 6.45) is 0.933. The molecule has 3 atom stereocenters. The number of hydrogen-bond acceptors (Lipinski definition) is 3. The number of carbonyl (C=O) groups excluding carboxylic acids is 1. The van der Waals surface area contributed by atoms with E-state index in [0.717, 1.165) is 0 Å². The van der Waals surface area contributed by atoms with Gasteiger partial charge < -0.3 is 14.7 Å². The highest BCUT2D eigenvalue weighted by molar-refractivity contribution is 6.35. The van der Waals surface area contributed by atoms with Gasteiger partial charge >= 0.3 is 5.97 Å².